The molecular formula is C16H18N2OS. The summed E-state index contributed by atoms with van der Waals surface area (Å²) in [4.78, 5) is 3.51. The highest BCUT2D eigenvalue weighted by Crippen LogP contribution is 2.29. The second kappa shape index (κ2) is 6.44. The maximum atomic E-state index is 9.32. The topological polar surface area (TPSA) is 36.3 Å². The van der Waals surface area contributed by atoms with E-state index < -0.39 is 0 Å². The standard InChI is InChI=1S/C16H18N2OS/c1-12(2)18(11-15-5-4-8-20-15)16-9-14(19-3)7-6-13(16)10-17/h4-9,12H,11H2,1-3H3. The number of methoxy groups -OCH3 is 1. The van der Waals surface area contributed by atoms with Gasteiger partial charge in [0.1, 0.15) is 11.8 Å². The van der Waals surface area contributed by atoms with Crippen molar-refractivity contribution in [2.45, 2.75) is 26.4 Å². The molecule has 0 radical (unpaired) electrons. The van der Waals surface area contributed by atoms with Gasteiger partial charge in [-0.15, -0.1) is 11.3 Å². The van der Waals surface area contributed by atoms with Crippen LogP contribution in [0, 0.1) is 11.3 Å². The summed E-state index contributed by atoms with van der Waals surface area (Å²) in [5, 5.41) is 11.4. The Morgan fingerprint density at radius 2 is 2.15 bits per heavy atom. The van der Waals surface area contributed by atoms with Gasteiger partial charge in [0.25, 0.3) is 0 Å². The molecule has 0 bridgehead atoms. The third-order valence-electron chi connectivity index (χ3n) is 3.16. The van der Waals surface area contributed by atoms with Crippen LogP contribution in [0.2, 0.25) is 0 Å². The molecule has 2 rings (SSSR count). The predicted molar refractivity (Wildman–Crippen MR) is 83.3 cm³/mol. The quantitative estimate of drug-likeness (QED) is 0.832. The maximum absolute atomic E-state index is 9.32. The summed E-state index contributed by atoms with van der Waals surface area (Å²) in [6.45, 7) is 5.07. The van der Waals surface area contributed by atoms with Gasteiger partial charge >= 0.3 is 0 Å². The van der Waals surface area contributed by atoms with Crippen LogP contribution in [0.4, 0.5) is 5.69 Å². The molecule has 1 aromatic heterocycles. The van der Waals surface area contributed by atoms with Crippen molar-refractivity contribution in [1.82, 2.24) is 0 Å². The van der Waals surface area contributed by atoms with Crippen molar-refractivity contribution in [3.05, 3.63) is 46.2 Å². The number of thiophene rings is 1. The lowest BCUT2D eigenvalue weighted by Crippen LogP contribution is -2.30. The van der Waals surface area contributed by atoms with Crippen LogP contribution >= 0.6 is 11.3 Å². The van der Waals surface area contributed by atoms with Crippen molar-refractivity contribution < 1.29 is 4.74 Å². The first-order valence-electron chi connectivity index (χ1n) is 6.53. The van der Waals surface area contributed by atoms with E-state index in [1.54, 1.807) is 18.4 Å². The van der Waals surface area contributed by atoms with Gasteiger partial charge < -0.3 is 9.64 Å². The van der Waals surface area contributed by atoms with Gasteiger partial charge in [-0.25, -0.2) is 0 Å². The Kier molecular flexibility index (Phi) is 4.65. The first-order chi connectivity index (χ1) is 9.65. The summed E-state index contributed by atoms with van der Waals surface area (Å²) in [6.07, 6.45) is 0. The van der Waals surface area contributed by atoms with Crippen LogP contribution in [0.25, 0.3) is 0 Å². The molecule has 1 aromatic carbocycles. The summed E-state index contributed by atoms with van der Waals surface area (Å²) in [5.74, 6) is 0.774. The minimum atomic E-state index is 0.302. The van der Waals surface area contributed by atoms with Gasteiger partial charge in [0.15, 0.2) is 0 Å². The fraction of sp³-hybridized carbons (Fsp3) is 0.312. The number of ether oxygens (including phenoxy) is 1. The maximum Gasteiger partial charge on any atom is 0.121 e. The van der Waals surface area contributed by atoms with Gasteiger partial charge in [-0.3, -0.25) is 0 Å². The molecule has 1 heterocycles. The smallest absolute Gasteiger partial charge is 0.121 e. The van der Waals surface area contributed by atoms with Gasteiger partial charge in [0.05, 0.1) is 24.9 Å². The van der Waals surface area contributed by atoms with Gasteiger partial charge in [-0.2, -0.15) is 5.26 Å². The van der Waals surface area contributed by atoms with Crippen molar-refractivity contribution in [3.63, 3.8) is 0 Å². The Hall–Kier alpha value is -1.99. The zero-order valence-corrected chi connectivity index (χ0v) is 12.8. The Labute approximate surface area is 124 Å². The van der Waals surface area contributed by atoms with Crippen molar-refractivity contribution in [2.24, 2.45) is 0 Å². The molecule has 0 aliphatic carbocycles. The Morgan fingerprint density at radius 3 is 2.70 bits per heavy atom. The molecule has 0 amide bonds. The van der Waals surface area contributed by atoms with Crippen molar-refractivity contribution in [3.8, 4) is 11.8 Å². The fourth-order valence-corrected chi connectivity index (χ4v) is 2.79. The average molecular weight is 286 g/mol. The number of rotatable bonds is 5. The number of hydrogen-bond donors (Lipinski definition) is 0. The van der Waals surface area contributed by atoms with E-state index in [0.29, 0.717) is 11.6 Å². The van der Waals surface area contributed by atoms with Crippen LogP contribution in [0.5, 0.6) is 5.75 Å². The molecule has 2 aromatic rings. The third-order valence-corrected chi connectivity index (χ3v) is 4.03. The molecule has 0 unspecified atom stereocenters. The van der Waals surface area contributed by atoms with E-state index in [1.807, 2.05) is 18.2 Å². The lowest BCUT2D eigenvalue weighted by molar-refractivity contribution is 0.414. The molecule has 3 nitrogen and oxygen atoms in total. The number of benzene rings is 1. The summed E-state index contributed by atoms with van der Waals surface area (Å²) < 4.78 is 5.29. The predicted octanol–water partition coefficient (Wildman–Crippen LogP) is 4.04. The normalized spacial score (nSPS) is 10.3. The zero-order valence-electron chi connectivity index (χ0n) is 12.0. The molecule has 0 aliphatic rings. The van der Waals surface area contributed by atoms with E-state index in [1.165, 1.54) is 4.88 Å². The first-order valence-corrected chi connectivity index (χ1v) is 7.41. The van der Waals surface area contributed by atoms with Crippen LogP contribution in [0.3, 0.4) is 0 Å². The van der Waals surface area contributed by atoms with Crippen molar-refractivity contribution in [2.75, 3.05) is 12.0 Å². The third kappa shape index (κ3) is 3.12. The molecule has 0 N–H and O–H groups in total. The number of anilines is 1. The summed E-state index contributed by atoms with van der Waals surface area (Å²) in [6, 6.07) is 12.3. The molecule has 0 fully saturated rings. The fourth-order valence-electron chi connectivity index (χ4n) is 2.09. The second-order valence-electron chi connectivity index (χ2n) is 4.80. The van der Waals surface area contributed by atoms with E-state index in [2.05, 4.69) is 42.3 Å². The first kappa shape index (κ1) is 14.4. The number of nitrogens with zero attached hydrogens (tertiary/aromatic N) is 2. The number of hydrogen-bond acceptors (Lipinski definition) is 4. The molecule has 4 heteroatoms. The SMILES string of the molecule is COc1ccc(C#N)c(N(Cc2cccs2)C(C)C)c1. The van der Waals surface area contributed by atoms with E-state index in [-0.39, 0.29) is 0 Å². The van der Waals surface area contributed by atoms with E-state index in [0.717, 1.165) is 18.0 Å². The van der Waals surface area contributed by atoms with Crippen LogP contribution in [-0.4, -0.2) is 13.2 Å². The Bertz CT molecular complexity index is 599. The molecular weight excluding hydrogens is 268 g/mol. The monoisotopic (exact) mass is 286 g/mol. The Morgan fingerprint density at radius 1 is 1.35 bits per heavy atom. The highest BCUT2D eigenvalue weighted by Gasteiger charge is 2.16. The van der Waals surface area contributed by atoms with Gasteiger partial charge in [-0.05, 0) is 37.4 Å². The molecule has 104 valence electrons. The molecule has 0 atom stereocenters. The summed E-state index contributed by atoms with van der Waals surface area (Å²) >= 11 is 1.73. The van der Waals surface area contributed by atoms with E-state index >= 15 is 0 Å². The van der Waals surface area contributed by atoms with Crippen LogP contribution in [-0.2, 0) is 6.54 Å². The Balaban J connectivity index is 2.40. The summed E-state index contributed by atoms with van der Waals surface area (Å²) in [5.41, 5.74) is 1.60. The summed E-state index contributed by atoms with van der Waals surface area (Å²) in [7, 11) is 1.64. The average Bonchev–Trinajstić information content (AvgIpc) is 2.96. The van der Waals surface area contributed by atoms with Gasteiger partial charge in [0, 0.05) is 17.0 Å². The number of nitriles is 1. The molecule has 0 saturated carbocycles. The lowest BCUT2D eigenvalue weighted by atomic mass is 10.1. The molecule has 0 spiro atoms. The highest BCUT2D eigenvalue weighted by molar-refractivity contribution is 7.09. The van der Waals surface area contributed by atoms with Crippen LogP contribution < -0.4 is 9.64 Å². The molecule has 20 heavy (non-hydrogen) atoms. The van der Waals surface area contributed by atoms with Gasteiger partial charge in [-0.1, -0.05) is 6.07 Å². The van der Waals surface area contributed by atoms with Crippen molar-refractivity contribution >= 4 is 17.0 Å². The molecule has 0 saturated heterocycles. The van der Waals surface area contributed by atoms with Gasteiger partial charge in [0.2, 0.25) is 0 Å². The zero-order chi connectivity index (χ0) is 14.5. The largest absolute Gasteiger partial charge is 0.497 e. The lowest BCUT2D eigenvalue weighted by Gasteiger charge is -2.29. The van der Waals surface area contributed by atoms with Crippen molar-refractivity contribution in [1.29, 1.82) is 5.26 Å². The minimum absolute atomic E-state index is 0.302. The van der Waals surface area contributed by atoms with E-state index in [4.69, 9.17) is 4.74 Å². The second-order valence-corrected chi connectivity index (χ2v) is 5.83. The minimum Gasteiger partial charge on any atom is -0.497 e. The van der Waals surface area contributed by atoms with Crippen LogP contribution in [0.15, 0.2) is 35.7 Å². The van der Waals surface area contributed by atoms with E-state index in [9.17, 15) is 5.26 Å². The van der Waals surface area contributed by atoms with Crippen LogP contribution in [0.1, 0.15) is 24.3 Å². The highest BCUT2D eigenvalue weighted by atomic mass is 32.1. The molecule has 0 aliphatic heterocycles.